The maximum atomic E-state index is 12.9. The number of carboxylic acid groups (broad SMARTS) is 1. The Morgan fingerprint density at radius 2 is 2.08 bits per heavy atom. The van der Waals surface area contributed by atoms with Crippen LogP contribution in [0.5, 0.6) is 0 Å². The predicted octanol–water partition coefficient (Wildman–Crippen LogP) is 3.09. The van der Waals surface area contributed by atoms with Crippen molar-refractivity contribution in [2.75, 3.05) is 6.54 Å². The Hall–Kier alpha value is -2.41. The first-order valence-electron chi connectivity index (χ1n) is 8.68. The van der Waals surface area contributed by atoms with Crippen molar-refractivity contribution in [1.82, 2.24) is 19.7 Å². The summed E-state index contributed by atoms with van der Waals surface area (Å²) < 4.78 is 1.56. The molecule has 7 nitrogen and oxygen atoms in total. The Kier molecular flexibility index (Phi) is 5.56. The number of aryl methyl sites for hydroxylation is 1. The number of likely N-dealkylation sites (tertiary alicyclic amines) is 1. The number of aliphatic carboxylic acids is 1. The number of nitrogens with zero attached hydrogens (tertiary/aromatic N) is 4. The smallest absolute Gasteiger partial charge is 0.303 e. The fourth-order valence-corrected chi connectivity index (χ4v) is 3.53. The summed E-state index contributed by atoms with van der Waals surface area (Å²) in [5.74, 6) is -0.417. The van der Waals surface area contributed by atoms with Crippen molar-refractivity contribution in [2.45, 2.75) is 45.1 Å². The molecule has 3 rings (SSSR count). The molecule has 1 saturated heterocycles. The fourth-order valence-electron chi connectivity index (χ4n) is 3.32. The van der Waals surface area contributed by atoms with Crippen LogP contribution in [0.3, 0.4) is 0 Å². The van der Waals surface area contributed by atoms with Gasteiger partial charge in [-0.3, -0.25) is 9.59 Å². The third kappa shape index (κ3) is 3.88. The second-order valence-electron chi connectivity index (χ2n) is 6.43. The van der Waals surface area contributed by atoms with Crippen molar-refractivity contribution in [3.05, 3.63) is 40.9 Å². The van der Waals surface area contributed by atoms with Crippen LogP contribution in [0.1, 0.15) is 48.5 Å². The molecule has 8 heteroatoms. The quantitative estimate of drug-likeness (QED) is 0.866. The second kappa shape index (κ2) is 7.86. The molecule has 0 bridgehead atoms. The lowest BCUT2D eigenvalue weighted by Crippen LogP contribution is -2.44. The van der Waals surface area contributed by atoms with Gasteiger partial charge in [0, 0.05) is 19.0 Å². The molecular weight excluding hydrogens is 356 g/mol. The number of hydrogen-bond donors (Lipinski definition) is 1. The van der Waals surface area contributed by atoms with Gasteiger partial charge in [-0.1, -0.05) is 23.7 Å². The molecule has 26 heavy (non-hydrogen) atoms. The SMILES string of the molecule is Cc1nc(C(=O)N2CCCC[C@@H]2CCC(=O)O)nn1-c1ccccc1Cl. The molecule has 0 saturated carbocycles. The summed E-state index contributed by atoms with van der Waals surface area (Å²) in [5.41, 5.74) is 0.666. The van der Waals surface area contributed by atoms with Gasteiger partial charge in [-0.05, 0) is 44.7 Å². The van der Waals surface area contributed by atoms with Gasteiger partial charge in [-0.15, -0.1) is 5.10 Å². The summed E-state index contributed by atoms with van der Waals surface area (Å²) >= 11 is 6.22. The number of aromatic nitrogens is 3. The molecule has 138 valence electrons. The average molecular weight is 377 g/mol. The minimum atomic E-state index is -0.847. The van der Waals surface area contributed by atoms with E-state index in [9.17, 15) is 9.59 Å². The van der Waals surface area contributed by atoms with E-state index in [1.165, 1.54) is 0 Å². The van der Waals surface area contributed by atoms with Gasteiger partial charge in [0.05, 0.1) is 10.7 Å². The topological polar surface area (TPSA) is 88.3 Å². The van der Waals surface area contributed by atoms with Crippen molar-refractivity contribution >= 4 is 23.5 Å². The lowest BCUT2D eigenvalue weighted by molar-refractivity contribution is -0.137. The summed E-state index contributed by atoms with van der Waals surface area (Å²) in [4.78, 5) is 29.9. The zero-order valence-corrected chi connectivity index (χ0v) is 15.3. The van der Waals surface area contributed by atoms with Crippen LogP contribution in [0, 0.1) is 6.92 Å². The van der Waals surface area contributed by atoms with Gasteiger partial charge in [0.2, 0.25) is 5.82 Å². The largest absolute Gasteiger partial charge is 0.481 e. The lowest BCUT2D eigenvalue weighted by Gasteiger charge is -2.34. The normalized spacial score (nSPS) is 17.3. The van der Waals surface area contributed by atoms with Gasteiger partial charge in [0.15, 0.2) is 0 Å². The van der Waals surface area contributed by atoms with Gasteiger partial charge in [-0.25, -0.2) is 9.67 Å². The molecule has 2 aromatic rings. The van der Waals surface area contributed by atoms with Crippen LogP contribution in [0.2, 0.25) is 5.02 Å². The number of amides is 1. The highest BCUT2D eigenvalue weighted by Crippen LogP contribution is 2.24. The van der Waals surface area contributed by atoms with E-state index in [4.69, 9.17) is 16.7 Å². The Morgan fingerprint density at radius 3 is 2.81 bits per heavy atom. The molecule has 1 aliphatic rings. The predicted molar refractivity (Wildman–Crippen MR) is 96.7 cm³/mol. The highest BCUT2D eigenvalue weighted by molar-refractivity contribution is 6.32. The molecule has 0 spiro atoms. The van der Waals surface area contributed by atoms with Gasteiger partial charge in [0.25, 0.3) is 5.91 Å². The van der Waals surface area contributed by atoms with Crippen LogP contribution in [0.15, 0.2) is 24.3 Å². The van der Waals surface area contributed by atoms with E-state index >= 15 is 0 Å². The summed E-state index contributed by atoms with van der Waals surface area (Å²) in [7, 11) is 0. The highest BCUT2D eigenvalue weighted by Gasteiger charge is 2.30. The zero-order valence-electron chi connectivity index (χ0n) is 14.6. The molecular formula is C18H21ClN4O3. The fraction of sp³-hybridized carbons (Fsp3) is 0.444. The van der Waals surface area contributed by atoms with E-state index in [0.29, 0.717) is 29.5 Å². The van der Waals surface area contributed by atoms with Gasteiger partial charge in [0.1, 0.15) is 5.82 Å². The number of carbonyl (C=O) groups excluding carboxylic acids is 1. The molecule has 1 amide bonds. The number of piperidine rings is 1. The average Bonchev–Trinajstić information content (AvgIpc) is 3.01. The van der Waals surface area contributed by atoms with Crippen LogP contribution in [-0.2, 0) is 4.79 Å². The molecule has 1 fully saturated rings. The minimum absolute atomic E-state index is 0.0506. The number of hydrogen-bond acceptors (Lipinski definition) is 4. The minimum Gasteiger partial charge on any atom is -0.481 e. The van der Waals surface area contributed by atoms with Crippen LogP contribution in [-0.4, -0.2) is 49.2 Å². The number of halogens is 1. The van der Waals surface area contributed by atoms with Crippen LogP contribution in [0.4, 0.5) is 0 Å². The number of para-hydroxylation sites is 1. The number of rotatable bonds is 5. The van der Waals surface area contributed by atoms with E-state index < -0.39 is 5.97 Å². The van der Waals surface area contributed by atoms with E-state index in [-0.39, 0.29) is 24.2 Å². The molecule has 0 unspecified atom stereocenters. The van der Waals surface area contributed by atoms with Crippen LogP contribution >= 0.6 is 11.6 Å². The van der Waals surface area contributed by atoms with Gasteiger partial charge < -0.3 is 10.0 Å². The molecule has 1 atom stereocenters. The Morgan fingerprint density at radius 1 is 1.31 bits per heavy atom. The zero-order chi connectivity index (χ0) is 18.7. The van der Waals surface area contributed by atoms with Crippen molar-refractivity contribution in [2.24, 2.45) is 0 Å². The Bertz CT molecular complexity index is 821. The third-order valence-corrected chi connectivity index (χ3v) is 4.94. The summed E-state index contributed by atoms with van der Waals surface area (Å²) in [6.45, 7) is 2.37. The van der Waals surface area contributed by atoms with Crippen molar-refractivity contribution in [3.63, 3.8) is 0 Å². The Labute approximate surface area is 156 Å². The standard InChI is InChI=1S/C18H21ClN4O3/c1-12-20-17(21-23(12)15-8-3-2-7-14(15)19)18(26)22-11-5-4-6-13(22)9-10-16(24)25/h2-3,7-8,13H,4-6,9-11H2,1H3,(H,24,25)/t13-/m1/s1. The second-order valence-corrected chi connectivity index (χ2v) is 6.83. The number of carbonyl (C=O) groups is 2. The molecule has 1 aliphatic heterocycles. The third-order valence-electron chi connectivity index (χ3n) is 4.62. The maximum Gasteiger partial charge on any atom is 0.303 e. The van der Waals surface area contributed by atoms with Gasteiger partial charge >= 0.3 is 5.97 Å². The van der Waals surface area contributed by atoms with Crippen molar-refractivity contribution in [1.29, 1.82) is 0 Å². The molecule has 1 aromatic heterocycles. The molecule has 2 heterocycles. The number of benzene rings is 1. The summed E-state index contributed by atoms with van der Waals surface area (Å²) in [6.07, 6.45) is 3.21. The van der Waals surface area contributed by atoms with Crippen LogP contribution < -0.4 is 0 Å². The lowest BCUT2D eigenvalue weighted by atomic mass is 9.98. The molecule has 1 N–H and O–H groups in total. The van der Waals surface area contributed by atoms with E-state index in [1.807, 2.05) is 18.2 Å². The summed E-state index contributed by atoms with van der Waals surface area (Å²) in [6, 6.07) is 7.15. The highest BCUT2D eigenvalue weighted by atomic mass is 35.5. The molecule has 0 aliphatic carbocycles. The maximum absolute atomic E-state index is 12.9. The first kappa shape index (κ1) is 18.4. The summed E-state index contributed by atoms with van der Waals surface area (Å²) in [5, 5.41) is 13.8. The monoisotopic (exact) mass is 376 g/mol. The van der Waals surface area contributed by atoms with Crippen LogP contribution in [0.25, 0.3) is 5.69 Å². The molecule has 1 aromatic carbocycles. The number of carboxylic acids is 1. The van der Waals surface area contributed by atoms with Crippen molar-refractivity contribution in [3.8, 4) is 5.69 Å². The van der Waals surface area contributed by atoms with Crippen molar-refractivity contribution < 1.29 is 14.7 Å². The van der Waals surface area contributed by atoms with E-state index in [0.717, 1.165) is 19.3 Å². The van der Waals surface area contributed by atoms with E-state index in [1.54, 1.807) is 22.6 Å². The Balaban J connectivity index is 1.84. The first-order valence-corrected chi connectivity index (χ1v) is 9.06. The molecule has 0 radical (unpaired) electrons. The van der Waals surface area contributed by atoms with Gasteiger partial charge in [-0.2, -0.15) is 0 Å². The van der Waals surface area contributed by atoms with E-state index in [2.05, 4.69) is 10.1 Å². The first-order chi connectivity index (χ1) is 12.5.